The quantitative estimate of drug-likeness (QED) is 0.410. The topological polar surface area (TPSA) is 86.9 Å². The molecule has 3 N–H and O–H groups in total. The molecule has 0 saturated heterocycles. The minimum absolute atomic E-state index is 0.0136. The molecule has 0 spiro atoms. The van der Waals surface area contributed by atoms with Crippen LogP contribution in [0, 0.1) is 17.7 Å². The summed E-state index contributed by atoms with van der Waals surface area (Å²) in [6.45, 7) is 0. The van der Waals surface area contributed by atoms with E-state index in [0.717, 1.165) is 56.9 Å². The van der Waals surface area contributed by atoms with E-state index < -0.39 is 5.82 Å². The maximum absolute atomic E-state index is 14.9. The van der Waals surface area contributed by atoms with Gasteiger partial charge in [0.05, 0.1) is 16.6 Å². The molecule has 2 saturated carbocycles. The molecule has 178 valence electrons. The number of fused-ring (bicyclic) bond motifs is 1. The molecule has 7 heteroatoms. The summed E-state index contributed by atoms with van der Waals surface area (Å²) in [5, 5.41) is 5.88. The van der Waals surface area contributed by atoms with Crippen molar-refractivity contribution in [3.63, 3.8) is 0 Å². The van der Waals surface area contributed by atoms with Crippen LogP contribution < -0.4 is 10.6 Å². The molecule has 0 unspecified atom stereocenters. The van der Waals surface area contributed by atoms with Crippen molar-refractivity contribution in [2.24, 2.45) is 11.8 Å². The first kappa shape index (κ1) is 22.6. The second-order valence-corrected chi connectivity index (χ2v) is 9.66. The number of nitrogens with one attached hydrogen (secondary N) is 3. The zero-order valence-corrected chi connectivity index (χ0v) is 19.3. The number of carbonyl (C=O) groups is 2. The molecular weight excluding hydrogens is 431 g/mol. The van der Waals surface area contributed by atoms with E-state index in [1.807, 2.05) is 18.2 Å². The maximum Gasteiger partial charge on any atom is 0.227 e. The van der Waals surface area contributed by atoms with Crippen LogP contribution in [-0.2, 0) is 9.59 Å². The fourth-order valence-electron chi connectivity index (χ4n) is 5.22. The molecule has 1 aromatic heterocycles. The van der Waals surface area contributed by atoms with E-state index in [1.165, 1.54) is 18.9 Å². The van der Waals surface area contributed by atoms with Gasteiger partial charge in [-0.2, -0.15) is 0 Å². The van der Waals surface area contributed by atoms with E-state index in [0.29, 0.717) is 28.3 Å². The van der Waals surface area contributed by atoms with Crippen molar-refractivity contribution in [1.29, 1.82) is 0 Å². The molecule has 0 radical (unpaired) electrons. The molecular formula is C27H31FN4O2. The van der Waals surface area contributed by atoms with Gasteiger partial charge in [-0.05, 0) is 62.1 Å². The fourth-order valence-corrected chi connectivity index (χ4v) is 5.22. The molecule has 1 heterocycles. The maximum atomic E-state index is 14.9. The van der Waals surface area contributed by atoms with Gasteiger partial charge in [0.25, 0.3) is 0 Å². The summed E-state index contributed by atoms with van der Waals surface area (Å²) in [6, 6.07) is 10.2. The number of amides is 2. The molecule has 2 aromatic carbocycles. The number of benzene rings is 2. The van der Waals surface area contributed by atoms with Crippen molar-refractivity contribution in [1.82, 2.24) is 9.97 Å². The van der Waals surface area contributed by atoms with Gasteiger partial charge < -0.3 is 15.6 Å². The third-order valence-corrected chi connectivity index (χ3v) is 7.19. The Morgan fingerprint density at radius 1 is 0.794 bits per heavy atom. The van der Waals surface area contributed by atoms with E-state index in [2.05, 4.69) is 20.6 Å². The third kappa shape index (κ3) is 4.98. The Kier molecular flexibility index (Phi) is 6.61. The first-order chi connectivity index (χ1) is 16.6. The Bertz CT molecular complexity index is 1190. The molecule has 6 nitrogen and oxygen atoms in total. The summed E-state index contributed by atoms with van der Waals surface area (Å²) < 4.78 is 14.9. The molecule has 2 aliphatic rings. The van der Waals surface area contributed by atoms with Crippen molar-refractivity contribution in [2.45, 2.75) is 64.2 Å². The minimum atomic E-state index is -0.452. The molecule has 0 aliphatic heterocycles. The molecule has 2 amide bonds. The number of H-pyrrole nitrogens is 1. The summed E-state index contributed by atoms with van der Waals surface area (Å²) in [6.07, 6.45) is 10.4. The molecule has 3 aromatic rings. The molecule has 2 fully saturated rings. The summed E-state index contributed by atoms with van der Waals surface area (Å²) in [4.78, 5) is 32.7. The van der Waals surface area contributed by atoms with Crippen LogP contribution in [0.25, 0.3) is 22.4 Å². The highest BCUT2D eigenvalue weighted by Crippen LogP contribution is 2.29. The van der Waals surface area contributed by atoms with Crippen LogP contribution in [0.3, 0.4) is 0 Å². The predicted octanol–water partition coefficient (Wildman–Crippen LogP) is 6.41. The highest BCUT2D eigenvalue weighted by atomic mass is 19.1. The molecule has 34 heavy (non-hydrogen) atoms. The van der Waals surface area contributed by atoms with E-state index >= 15 is 0 Å². The van der Waals surface area contributed by atoms with Gasteiger partial charge in [0.2, 0.25) is 11.8 Å². The Labute approximate surface area is 198 Å². The summed E-state index contributed by atoms with van der Waals surface area (Å²) in [5.41, 5.74) is 2.92. The lowest BCUT2D eigenvalue weighted by Gasteiger charge is -2.20. The Hall–Kier alpha value is -3.22. The van der Waals surface area contributed by atoms with Crippen molar-refractivity contribution < 1.29 is 14.0 Å². The van der Waals surface area contributed by atoms with Crippen molar-refractivity contribution in [3.8, 4) is 11.4 Å². The van der Waals surface area contributed by atoms with Crippen LogP contribution in [0.1, 0.15) is 64.2 Å². The molecule has 2 aliphatic carbocycles. The van der Waals surface area contributed by atoms with Crippen LogP contribution in [-0.4, -0.2) is 21.8 Å². The highest BCUT2D eigenvalue weighted by molar-refractivity contribution is 5.95. The number of aromatic nitrogens is 2. The van der Waals surface area contributed by atoms with Gasteiger partial charge in [-0.1, -0.05) is 38.5 Å². The lowest BCUT2D eigenvalue weighted by atomic mass is 9.88. The van der Waals surface area contributed by atoms with Crippen molar-refractivity contribution in [3.05, 3.63) is 42.2 Å². The average molecular weight is 463 g/mol. The Morgan fingerprint density at radius 3 is 1.94 bits per heavy atom. The zero-order chi connectivity index (χ0) is 23.5. The van der Waals surface area contributed by atoms with Crippen LogP contribution in [0.5, 0.6) is 0 Å². The van der Waals surface area contributed by atoms with Gasteiger partial charge in [-0.25, -0.2) is 9.37 Å². The minimum Gasteiger partial charge on any atom is -0.338 e. The van der Waals surface area contributed by atoms with Crippen molar-refractivity contribution >= 4 is 34.2 Å². The van der Waals surface area contributed by atoms with E-state index in [4.69, 9.17) is 0 Å². The monoisotopic (exact) mass is 462 g/mol. The first-order valence-corrected chi connectivity index (χ1v) is 12.5. The second-order valence-electron chi connectivity index (χ2n) is 9.66. The summed E-state index contributed by atoms with van der Waals surface area (Å²) in [7, 11) is 0. The number of anilines is 2. The average Bonchev–Trinajstić information content (AvgIpc) is 3.28. The van der Waals surface area contributed by atoms with Crippen LogP contribution in [0.15, 0.2) is 36.4 Å². The Balaban J connectivity index is 1.29. The number of carbonyl (C=O) groups excluding carboxylic acids is 2. The smallest absolute Gasteiger partial charge is 0.227 e. The van der Waals surface area contributed by atoms with Crippen LogP contribution in [0.2, 0.25) is 0 Å². The number of rotatable bonds is 5. The highest BCUT2D eigenvalue weighted by Gasteiger charge is 2.22. The standard InChI is InChI=1S/C27H31FN4O2/c28-22-15-19(29-26(33)17-7-3-1-4-8-17)11-13-21(22)25-31-23-14-12-20(16-24(23)32-25)30-27(34)18-9-5-2-6-10-18/h11-18H,1-10H2,(H,29,33)(H,30,34)(H,31,32). The largest absolute Gasteiger partial charge is 0.338 e. The van der Waals surface area contributed by atoms with Gasteiger partial charge in [0.1, 0.15) is 11.6 Å². The molecule has 0 bridgehead atoms. The van der Waals surface area contributed by atoms with Gasteiger partial charge in [-0.3, -0.25) is 9.59 Å². The van der Waals surface area contributed by atoms with Crippen molar-refractivity contribution in [2.75, 3.05) is 10.6 Å². The van der Waals surface area contributed by atoms with E-state index in [9.17, 15) is 14.0 Å². The summed E-state index contributed by atoms with van der Waals surface area (Å²) >= 11 is 0. The van der Waals surface area contributed by atoms with E-state index in [1.54, 1.807) is 12.1 Å². The van der Waals surface area contributed by atoms with Crippen LogP contribution in [0.4, 0.5) is 15.8 Å². The van der Waals surface area contributed by atoms with Gasteiger partial charge in [0, 0.05) is 23.2 Å². The number of hydrogen-bond acceptors (Lipinski definition) is 3. The van der Waals surface area contributed by atoms with Gasteiger partial charge in [-0.15, -0.1) is 0 Å². The normalized spacial score (nSPS) is 17.6. The predicted molar refractivity (Wildman–Crippen MR) is 132 cm³/mol. The Morgan fingerprint density at radius 2 is 1.35 bits per heavy atom. The SMILES string of the molecule is O=C(Nc1ccc(-c2nc3ccc(NC(=O)C4CCCCC4)cc3[nH]2)c(F)c1)C1CCCCC1. The van der Waals surface area contributed by atoms with E-state index in [-0.39, 0.29) is 23.7 Å². The summed E-state index contributed by atoms with van der Waals surface area (Å²) in [5.74, 6) is 0.0847. The van der Waals surface area contributed by atoms with Gasteiger partial charge >= 0.3 is 0 Å². The van der Waals surface area contributed by atoms with Crippen LogP contribution >= 0.6 is 0 Å². The number of aromatic amines is 1. The number of hydrogen-bond donors (Lipinski definition) is 3. The third-order valence-electron chi connectivity index (χ3n) is 7.19. The molecule has 0 atom stereocenters. The number of nitrogens with zero attached hydrogens (tertiary/aromatic N) is 1. The first-order valence-electron chi connectivity index (χ1n) is 12.5. The zero-order valence-electron chi connectivity index (χ0n) is 19.3. The molecule has 5 rings (SSSR count). The number of imidazole rings is 1. The lowest BCUT2D eigenvalue weighted by molar-refractivity contribution is -0.121. The second kappa shape index (κ2) is 9.95. The number of halogens is 1. The van der Waals surface area contributed by atoms with Gasteiger partial charge in [0.15, 0.2) is 0 Å². The lowest BCUT2D eigenvalue weighted by Crippen LogP contribution is -2.24. The fraction of sp³-hybridized carbons (Fsp3) is 0.444.